The second-order valence-electron chi connectivity index (χ2n) is 6.22. The Labute approximate surface area is 132 Å². The van der Waals surface area contributed by atoms with Crippen LogP contribution in [0.3, 0.4) is 0 Å². The average Bonchev–Trinajstić information content (AvgIpc) is 2.80. The fraction of sp³-hybridized carbons (Fsp3) is 0.647. The van der Waals surface area contributed by atoms with Gasteiger partial charge in [-0.25, -0.2) is 0 Å². The van der Waals surface area contributed by atoms with E-state index in [1.807, 2.05) is 29.5 Å². The van der Waals surface area contributed by atoms with Gasteiger partial charge in [-0.05, 0) is 30.9 Å². The number of likely N-dealkylation sites (tertiary alicyclic amines) is 1. The topological polar surface area (TPSA) is 61.1 Å². The molecule has 1 aliphatic heterocycles. The summed E-state index contributed by atoms with van der Waals surface area (Å²) in [5.41, 5.74) is 3.02. The van der Waals surface area contributed by atoms with Crippen LogP contribution in [-0.2, 0) is 18.4 Å². The molecule has 5 heteroatoms. The van der Waals surface area contributed by atoms with Gasteiger partial charge in [0.2, 0.25) is 5.91 Å². The number of rotatable bonds is 4. The van der Waals surface area contributed by atoms with Crippen LogP contribution in [0.25, 0.3) is 0 Å². The van der Waals surface area contributed by atoms with Crippen LogP contribution in [0.4, 0.5) is 0 Å². The third-order valence-corrected chi connectivity index (χ3v) is 5.01. The van der Waals surface area contributed by atoms with Gasteiger partial charge in [-0.1, -0.05) is 13.3 Å². The second-order valence-corrected chi connectivity index (χ2v) is 6.22. The minimum atomic E-state index is 0.175. The zero-order valence-corrected chi connectivity index (χ0v) is 14.0. The van der Waals surface area contributed by atoms with Crippen LogP contribution in [0.1, 0.15) is 43.6 Å². The zero-order valence-electron chi connectivity index (χ0n) is 14.0. The van der Waals surface area contributed by atoms with Crippen molar-refractivity contribution in [2.75, 3.05) is 13.1 Å². The lowest BCUT2D eigenvalue weighted by atomic mass is 9.89. The van der Waals surface area contributed by atoms with E-state index in [0.717, 1.165) is 38.2 Å². The molecule has 1 fully saturated rings. The predicted molar refractivity (Wildman–Crippen MR) is 86.1 cm³/mol. The smallest absolute Gasteiger partial charge is 0.219 e. The minimum absolute atomic E-state index is 0.175. The van der Waals surface area contributed by atoms with E-state index in [-0.39, 0.29) is 5.91 Å². The number of carbonyl (C=O) groups excluding carboxylic acids is 1. The first kappa shape index (κ1) is 16.6. The van der Waals surface area contributed by atoms with Gasteiger partial charge in [-0.15, -0.1) is 0 Å². The van der Waals surface area contributed by atoms with E-state index >= 15 is 0 Å². The molecule has 0 saturated carbocycles. The Morgan fingerprint density at radius 3 is 2.82 bits per heavy atom. The van der Waals surface area contributed by atoms with Gasteiger partial charge in [0.05, 0.1) is 0 Å². The maximum Gasteiger partial charge on any atom is 0.219 e. The summed E-state index contributed by atoms with van der Waals surface area (Å²) < 4.78 is 1.94. The van der Waals surface area contributed by atoms with Crippen molar-refractivity contribution in [1.29, 1.82) is 5.26 Å². The number of nitrogens with one attached hydrogen (secondary N) is 1. The largest absolute Gasteiger partial charge is 0.343 e. The van der Waals surface area contributed by atoms with Crippen molar-refractivity contribution in [3.8, 4) is 6.07 Å². The van der Waals surface area contributed by atoms with Crippen molar-refractivity contribution >= 4 is 5.91 Å². The highest BCUT2D eigenvalue weighted by Gasteiger charge is 2.28. The van der Waals surface area contributed by atoms with E-state index in [4.69, 9.17) is 5.26 Å². The minimum Gasteiger partial charge on any atom is -0.343 e. The second kappa shape index (κ2) is 6.97. The molecule has 0 aliphatic carbocycles. The van der Waals surface area contributed by atoms with Crippen LogP contribution in [0.15, 0.2) is 6.07 Å². The van der Waals surface area contributed by atoms with E-state index < -0.39 is 0 Å². The van der Waals surface area contributed by atoms with Gasteiger partial charge in [0, 0.05) is 45.3 Å². The molecule has 1 amide bonds. The lowest BCUT2D eigenvalue weighted by Crippen LogP contribution is -2.50. The van der Waals surface area contributed by atoms with Crippen molar-refractivity contribution < 1.29 is 4.79 Å². The summed E-state index contributed by atoms with van der Waals surface area (Å²) in [7, 11) is 1.93. The van der Waals surface area contributed by atoms with E-state index in [9.17, 15) is 4.79 Å². The molecular weight excluding hydrogens is 276 g/mol. The first-order valence-corrected chi connectivity index (χ1v) is 8.02. The molecule has 1 N–H and O–H groups in total. The summed E-state index contributed by atoms with van der Waals surface area (Å²) in [5, 5.41) is 12.7. The molecule has 22 heavy (non-hydrogen) atoms. The van der Waals surface area contributed by atoms with Gasteiger partial charge in [0.15, 0.2) is 0 Å². The monoisotopic (exact) mass is 302 g/mol. The number of aromatic nitrogens is 1. The number of amides is 1. The Hall–Kier alpha value is -1.80. The van der Waals surface area contributed by atoms with E-state index in [1.54, 1.807) is 6.92 Å². The molecule has 2 heterocycles. The quantitative estimate of drug-likeness (QED) is 0.924. The molecule has 1 aromatic heterocycles. The summed E-state index contributed by atoms with van der Waals surface area (Å²) in [5.74, 6) is 0.673. The maximum atomic E-state index is 11.5. The van der Waals surface area contributed by atoms with Crippen LogP contribution < -0.4 is 5.32 Å². The first-order chi connectivity index (χ1) is 10.5. The van der Waals surface area contributed by atoms with Crippen LogP contribution in [0.2, 0.25) is 0 Å². The van der Waals surface area contributed by atoms with Gasteiger partial charge in [0.25, 0.3) is 0 Å². The predicted octanol–water partition coefficient (Wildman–Crippen LogP) is 1.94. The molecule has 2 atom stereocenters. The van der Waals surface area contributed by atoms with E-state index in [1.165, 1.54) is 5.56 Å². The number of nitriles is 1. The van der Waals surface area contributed by atoms with E-state index in [2.05, 4.69) is 18.3 Å². The summed E-state index contributed by atoms with van der Waals surface area (Å²) in [6.45, 7) is 8.35. The fourth-order valence-corrected chi connectivity index (χ4v) is 3.29. The molecule has 0 spiro atoms. The number of piperidine rings is 1. The third kappa shape index (κ3) is 3.33. The van der Waals surface area contributed by atoms with Gasteiger partial charge < -0.3 is 14.8 Å². The highest BCUT2D eigenvalue weighted by atomic mass is 16.2. The molecule has 5 nitrogen and oxygen atoms in total. The van der Waals surface area contributed by atoms with Gasteiger partial charge in [-0.2, -0.15) is 5.26 Å². The van der Waals surface area contributed by atoms with Crippen LogP contribution in [-0.4, -0.2) is 34.5 Å². The molecule has 120 valence electrons. The summed E-state index contributed by atoms with van der Waals surface area (Å²) >= 11 is 0. The maximum absolute atomic E-state index is 11.5. The molecule has 1 aliphatic rings. The van der Waals surface area contributed by atoms with Gasteiger partial charge in [0.1, 0.15) is 11.8 Å². The van der Waals surface area contributed by atoms with Gasteiger partial charge in [-0.3, -0.25) is 4.79 Å². The Kier molecular flexibility index (Phi) is 5.25. The lowest BCUT2D eigenvalue weighted by molar-refractivity contribution is -0.131. The normalized spacial score (nSPS) is 21.7. The highest BCUT2D eigenvalue weighted by molar-refractivity contribution is 5.73. The van der Waals surface area contributed by atoms with Crippen molar-refractivity contribution in [1.82, 2.24) is 14.8 Å². The summed E-state index contributed by atoms with van der Waals surface area (Å²) in [6, 6.07) is 4.63. The third-order valence-electron chi connectivity index (χ3n) is 5.01. The molecular formula is C17H26N4O. The number of hydrogen-bond donors (Lipinski definition) is 1. The molecule has 1 aromatic rings. The lowest BCUT2D eigenvalue weighted by Gasteiger charge is -2.38. The number of nitrogens with zero attached hydrogens (tertiary/aromatic N) is 3. The van der Waals surface area contributed by atoms with Gasteiger partial charge >= 0.3 is 0 Å². The standard InChI is InChI=1S/C17H26N4O/c1-5-14-11-21(13(3)22)7-6-17(14)19-10-15-8-16(9-18)20(4)12(15)2/h8,14,17,19H,5-7,10-11H2,1-4H3/t14-,17-/m1/s1. The summed E-state index contributed by atoms with van der Waals surface area (Å²) in [6.07, 6.45) is 2.06. The van der Waals surface area contributed by atoms with Crippen molar-refractivity contribution in [2.24, 2.45) is 13.0 Å². The highest BCUT2D eigenvalue weighted by Crippen LogP contribution is 2.21. The molecule has 0 unspecified atom stereocenters. The number of hydrogen-bond acceptors (Lipinski definition) is 3. The molecule has 1 saturated heterocycles. The zero-order chi connectivity index (χ0) is 16.3. The molecule has 0 aromatic carbocycles. The fourth-order valence-electron chi connectivity index (χ4n) is 3.29. The first-order valence-electron chi connectivity index (χ1n) is 8.02. The summed E-state index contributed by atoms with van der Waals surface area (Å²) in [4.78, 5) is 13.5. The van der Waals surface area contributed by atoms with Crippen LogP contribution in [0.5, 0.6) is 0 Å². The van der Waals surface area contributed by atoms with Crippen molar-refractivity contribution in [3.63, 3.8) is 0 Å². The average molecular weight is 302 g/mol. The molecule has 0 bridgehead atoms. The Balaban J connectivity index is 1.99. The Bertz CT molecular complexity index is 584. The van der Waals surface area contributed by atoms with E-state index in [0.29, 0.717) is 17.7 Å². The SMILES string of the molecule is CC[C@@H]1CN(C(C)=O)CC[C@H]1NCc1cc(C#N)n(C)c1C. The Morgan fingerprint density at radius 2 is 2.27 bits per heavy atom. The number of carbonyl (C=O) groups is 1. The van der Waals surface area contributed by atoms with Crippen molar-refractivity contribution in [3.05, 3.63) is 23.0 Å². The Morgan fingerprint density at radius 1 is 1.55 bits per heavy atom. The molecule has 0 radical (unpaired) electrons. The van der Waals surface area contributed by atoms with Crippen molar-refractivity contribution in [2.45, 2.75) is 46.2 Å². The van der Waals surface area contributed by atoms with Crippen LogP contribution >= 0.6 is 0 Å². The molecule has 2 rings (SSSR count). The van der Waals surface area contributed by atoms with Crippen LogP contribution in [0, 0.1) is 24.2 Å².